The van der Waals surface area contributed by atoms with Crippen molar-refractivity contribution in [3.8, 4) is 0 Å². The third-order valence-electron chi connectivity index (χ3n) is 2.64. The smallest absolute Gasteiger partial charge is 0.295 e. The van der Waals surface area contributed by atoms with Gasteiger partial charge in [0, 0.05) is 0 Å². The van der Waals surface area contributed by atoms with Crippen LogP contribution in [0, 0.1) is 0 Å². The molecule has 0 amide bonds. The summed E-state index contributed by atoms with van der Waals surface area (Å²) in [6.07, 6.45) is -0.528. The maximum atomic E-state index is 11.4. The van der Waals surface area contributed by atoms with Gasteiger partial charge in [-0.25, -0.2) is 0 Å². The molecule has 0 heterocycles. The predicted molar refractivity (Wildman–Crippen MR) is 59.6 cm³/mol. The number of carbonyl (C=O) groups is 1. The van der Waals surface area contributed by atoms with Crippen LogP contribution in [-0.4, -0.2) is 25.5 Å². The van der Waals surface area contributed by atoms with Gasteiger partial charge >= 0.3 is 0 Å². The zero-order valence-electron chi connectivity index (χ0n) is 10.0. The van der Waals surface area contributed by atoms with Gasteiger partial charge in [-0.3, -0.25) is 4.79 Å². The number of hydrogen-bond donors (Lipinski definition) is 1. The molecular formula is C10H22O3Si. The molecule has 0 aliphatic rings. The van der Waals surface area contributed by atoms with Crippen LogP contribution in [0.15, 0.2) is 0 Å². The minimum atomic E-state index is -2.00. The van der Waals surface area contributed by atoms with Gasteiger partial charge in [0.25, 0.3) is 14.3 Å². The molecule has 0 aliphatic carbocycles. The van der Waals surface area contributed by atoms with E-state index in [0.717, 1.165) is 0 Å². The van der Waals surface area contributed by atoms with E-state index in [1.165, 1.54) is 0 Å². The summed E-state index contributed by atoms with van der Waals surface area (Å²) in [6.45, 7) is 11.9. The van der Waals surface area contributed by atoms with Crippen molar-refractivity contribution in [3.63, 3.8) is 0 Å². The van der Waals surface area contributed by atoms with Crippen molar-refractivity contribution in [3.05, 3.63) is 0 Å². The lowest BCUT2D eigenvalue weighted by Crippen LogP contribution is -2.43. The van der Waals surface area contributed by atoms with Gasteiger partial charge in [-0.05, 0) is 25.1 Å². The summed E-state index contributed by atoms with van der Waals surface area (Å²) in [5.41, 5.74) is 0. The molecule has 0 aromatic heterocycles. The van der Waals surface area contributed by atoms with E-state index in [1.54, 1.807) is 6.92 Å². The molecule has 1 unspecified atom stereocenters. The minimum Gasteiger partial charge on any atom is -0.519 e. The first-order valence-electron chi connectivity index (χ1n) is 4.96. The van der Waals surface area contributed by atoms with Gasteiger partial charge in [-0.1, -0.05) is 20.8 Å². The molecule has 0 radical (unpaired) electrons. The Bertz CT molecular complexity index is 204. The van der Waals surface area contributed by atoms with Gasteiger partial charge in [0.1, 0.15) is 0 Å². The molecule has 0 aromatic carbocycles. The van der Waals surface area contributed by atoms with Crippen molar-refractivity contribution >= 4 is 14.3 Å². The molecule has 4 heteroatoms. The van der Waals surface area contributed by atoms with E-state index < -0.39 is 14.4 Å². The second-order valence-electron chi connectivity index (χ2n) is 5.29. The highest BCUT2D eigenvalue weighted by atomic mass is 28.4. The van der Waals surface area contributed by atoms with E-state index in [2.05, 4.69) is 20.8 Å². The van der Waals surface area contributed by atoms with Crippen LogP contribution in [-0.2, 0) is 9.22 Å². The van der Waals surface area contributed by atoms with Crippen molar-refractivity contribution in [2.45, 2.75) is 58.4 Å². The number of aliphatic hydroxyl groups is 1. The molecule has 0 saturated heterocycles. The molecule has 1 atom stereocenters. The molecule has 3 nitrogen and oxygen atoms in total. The maximum Gasteiger partial charge on any atom is 0.295 e. The maximum absolute atomic E-state index is 11.4. The van der Waals surface area contributed by atoms with Gasteiger partial charge < -0.3 is 9.53 Å². The van der Waals surface area contributed by atoms with E-state index >= 15 is 0 Å². The first-order chi connectivity index (χ1) is 6.06. The average Bonchev–Trinajstić information content (AvgIpc) is 1.79. The Kier molecular flexibility index (Phi) is 4.33. The summed E-state index contributed by atoms with van der Waals surface area (Å²) in [4.78, 5) is 11.4. The van der Waals surface area contributed by atoms with Crippen LogP contribution in [0.25, 0.3) is 0 Å². The monoisotopic (exact) mass is 218 g/mol. The molecule has 0 bridgehead atoms. The molecule has 0 saturated carbocycles. The average molecular weight is 218 g/mol. The van der Waals surface area contributed by atoms with Crippen LogP contribution >= 0.6 is 0 Å². The third-order valence-corrected chi connectivity index (χ3v) is 6.99. The van der Waals surface area contributed by atoms with E-state index in [0.29, 0.717) is 0 Å². The molecule has 1 N–H and O–H groups in total. The van der Waals surface area contributed by atoms with Gasteiger partial charge in [0.2, 0.25) is 0 Å². The Labute approximate surface area is 87.6 Å². The quantitative estimate of drug-likeness (QED) is 0.739. The largest absolute Gasteiger partial charge is 0.519 e. The minimum absolute atomic E-state index is 0.0291. The van der Waals surface area contributed by atoms with E-state index in [9.17, 15) is 4.79 Å². The molecular weight excluding hydrogens is 196 g/mol. The van der Waals surface area contributed by atoms with Crippen LogP contribution < -0.4 is 0 Å². The van der Waals surface area contributed by atoms with Gasteiger partial charge in [0.15, 0.2) is 0 Å². The van der Waals surface area contributed by atoms with Crippen molar-refractivity contribution in [2.75, 3.05) is 0 Å². The summed E-state index contributed by atoms with van der Waals surface area (Å²) in [5.74, 6) is -0.286. The van der Waals surface area contributed by atoms with Crippen LogP contribution in [0.4, 0.5) is 0 Å². The summed E-state index contributed by atoms with van der Waals surface area (Å²) in [5, 5.41) is 9.07. The Morgan fingerprint density at radius 1 is 1.43 bits per heavy atom. The number of rotatable bonds is 3. The van der Waals surface area contributed by atoms with Crippen LogP contribution in [0.5, 0.6) is 0 Å². The van der Waals surface area contributed by atoms with Crippen molar-refractivity contribution in [1.29, 1.82) is 0 Å². The number of hydrogen-bond acceptors (Lipinski definition) is 3. The molecule has 14 heavy (non-hydrogen) atoms. The fourth-order valence-corrected chi connectivity index (χ4v) is 1.68. The lowest BCUT2D eigenvalue weighted by molar-refractivity contribution is -0.137. The number of aliphatic hydroxyl groups excluding tert-OH is 1. The van der Waals surface area contributed by atoms with E-state index in [4.69, 9.17) is 9.53 Å². The zero-order valence-corrected chi connectivity index (χ0v) is 11.0. The van der Waals surface area contributed by atoms with Crippen LogP contribution in [0.1, 0.15) is 34.1 Å². The Balaban J connectivity index is 4.30. The first kappa shape index (κ1) is 13.6. The van der Waals surface area contributed by atoms with Crippen LogP contribution in [0.3, 0.4) is 0 Å². The molecule has 0 spiro atoms. The van der Waals surface area contributed by atoms with Crippen molar-refractivity contribution in [2.24, 2.45) is 0 Å². The molecule has 0 aromatic rings. The zero-order chi connectivity index (χ0) is 11.6. The Morgan fingerprint density at radius 2 is 1.86 bits per heavy atom. The normalized spacial score (nSPS) is 15.1. The summed E-state index contributed by atoms with van der Waals surface area (Å²) < 4.78 is 5.45. The van der Waals surface area contributed by atoms with Crippen molar-refractivity contribution < 1.29 is 14.3 Å². The van der Waals surface area contributed by atoms with Gasteiger partial charge in [0.05, 0.1) is 12.5 Å². The first-order valence-corrected chi connectivity index (χ1v) is 7.87. The molecule has 84 valence electrons. The summed E-state index contributed by atoms with van der Waals surface area (Å²) in [6, 6.07) is 0. The predicted octanol–water partition coefficient (Wildman–Crippen LogP) is 2.31. The lowest BCUT2D eigenvalue weighted by Gasteiger charge is -2.35. The SMILES string of the molecule is CC(O)CC(=O)O[Si](C)(C)C(C)(C)C. The van der Waals surface area contributed by atoms with Crippen molar-refractivity contribution in [1.82, 2.24) is 0 Å². The lowest BCUT2D eigenvalue weighted by atomic mass is 10.2. The molecule has 0 rings (SSSR count). The fraction of sp³-hybridized carbons (Fsp3) is 0.900. The van der Waals surface area contributed by atoms with E-state index in [-0.39, 0.29) is 17.4 Å². The second-order valence-corrected chi connectivity index (χ2v) is 10.0. The van der Waals surface area contributed by atoms with Gasteiger partial charge in [-0.2, -0.15) is 0 Å². The van der Waals surface area contributed by atoms with Crippen LogP contribution in [0.2, 0.25) is 18.1 Å². The summed E-state index contributed by atoms with van der Waals surface area (Å²) in [7, 11) is -2.00. The Hall–Kier alpha value is -0.353. The highest BCUT2D eigenvalue weighted by Crippen LogP contribution is 2.36. The summed E-state index contributed by atoms with van der Waals surface area (Å²) >= 11 is 0. The fourth-order valence-electron chi connectivity index (χ4n) is 0.721. The van der Waals surface area contributed by atoms with Gasteiger partial charge in [-0.15, -0.1) is 0 Å². The third kappa shape index (κ3) is 4.24. The highest BCUT2D eigenvalue weighted by molar-refractivity contribution is 6.75. The van der Waals surface area contributed by atoms with E-state index in [1.807, 2.05) is 13.1 Å². The topological polar surface area (TPSA) is 46.5 Å². The molecule has 0 fully saturated rings. The standard InChI is InChI=1S/C10H22O3Si/c1-8(11)7-9(12)13-14(5,6)10(2,3)4/h8,11H,7H2,1-6H3. The highest BCUT2D eigenvalue weighted by Gasteiger charge is 2.40. The second kappa shape index (κ2) is 4.44. The number of carbonyl (C=O) groups excluding carboxylic acids is 1. The molecule has 0 aliphatic heterocycles. The Morgan fingerprint density at radius 3 is 2.14 bits per heavy atom.